The van der Waals surface area contributed by atoms with Crippen LogP contribution in [-0.4, -0.2) is 40.0 Å². The van der Waals surface area contributed by atoms with Crippen LogP contribution in [-0.2, 0) is 4.79 Å². The van der Waals surface area contributed by atoms with Crippen LogP contribution >= 0.6 is 11.8 Å². The summed E-state index contributed by atoms with van der Waals surface area (Å²) in [5.74, 6) is -0.949. The second-order valence-corrected chi connectivity index (χ2v) is 6.63. The van der Waals surface area contributed by atoms with Gasteiger partial charge in [0, 0.05) is 11.0 Å². The molecule has 3 rings (SSSR count). The highest BCUT2D eigenvalue weighted by molar-refractivity contribution is 8.02. The van der Waals surface area contributed by atoms with Crippen molar-refractivity contribution < 1.29 is 14.7 Å². The van der Waals surface area contributed by atoms with Crippen molar-refractivity contribution >= 4 is 23.6 Å². The van der Waals surface area contributed by atoms with Crippen LogP contribution in [0.5, 0.6) is 0 Å². The van der Waals surface area contributed by atoms with Gasteiger partial charge in [0.05, 0.1) is 6.67 Å². The molecule has 1 amide bonds. The summed E-state index contributed by atoms with van der Waals surface area (Å²) in [7, 11) is 0. The summed E-state index contributed by atoms with van der Waals surface area (Å²) in [6.07, 6.45) is 0. The molecule has 1 atom stereocenters. The van der Waals surface area contributed by atoms with E-state index in [-0.39, 0.29) is 17.9 Å². The molecule has 0 spiro atoms. The third-order valence-corrected chi connectivity index (χ3v) is 5.13. The Morgan fingerprint density at radius 3 is 2.27 bits per heavy atom. The molecule has 1 unspecified atom stereocenters. The van der Waals surface area contributed by atoms with Crippen LogP contribution in [0.1, 0.15) is 21.3 Å². The zero-order valence-corrected chi connectivity index (χ0v) is 14.8. The Hall–Kier alpha value is -2.77. The molecule has 3 N–H and O–H groups in total. The number of hydrogen-bond donors (Lipinski definition) is 2. The Morgan fingerprint density at radius 2 is 1.69 bits per heavy atom. The van der Waals surface area contributed by atoms with Crippen molar-refractivity contribution in [3.05, 3.63) is 83.0 Å². The third-order valence-electron chi connectivity index (χ3n) is 4.00. The molecule has 0 bridgehead atoms. The van der Waals surface area contributed by atoms with Crippen LogP contribution in [0.25, 0.3) is 0 Å². The van der Waals surface area contributed by atoms with E-state index in [1.165, 1.54) is 16.7 Å². The lowest BCUT2D eigenvalue weighted by Crippen LogP contribution is -2.42. The second-order valence-electron chi connectivity index (χ2n) is 5.68. The van der Waals surface area contributed by atoms with Gasteiger partial charge in [0.2, 0.25) is 0 Å². The maximum absolute atomic E-state index is 12.9. The lowest BCUT2D eigenvalue weighted by molar-refractivity contribution is -0.137. The highest BCUT2D eigenvalue weighted by Gasteiger charge is 2.34. The van der Waals surface area contributed by atoms with E-state index in [0.717, 1.165) is 5.56 Å². The molecular weight excluding hydrogens is 350 g/mol. The molecule has 0 saturated carbocycles. The molecule has 0 aromatic heterocycles. The van der Waals surface area contributed by atoms with E-state index in [0.29, 0.717) is 11.4 Å². The van der Waals surface area contributed by atoms with Gasteiger partial charge in [-0.3, -0.25) is 14.5 Å². The van der Waals surface area contributed by atoms with Gasteiger partial charge in [0.1, 0.15) is 17.7 Å². The van der Waals surface area contributed by atoms with Crippen LogP contribution in [0.4, 0.5) is 0 Å². The fourth-order valence-electron chi connectivity index (χ4n) is 2.80. The standard InChI is InChI=1S/C19H19N3O3S/c20-13-22-16(12-26-19(22)15-9-5-2-6-10-15)21(11-17(23)24)18(25)14-7-3-1-4-8-14/h1-10,12,19H,11,13,20H2,(H,23,24). The number of nitrogens with zero attached hydrogens (tertiary/aromatic N) is 2. The minimum absolute atomic E-state index is 0.101. The molecule has 7 heteroatoms. The van der Waals surface area contributed by atoms with E-state index >= 15 is 0 Å². The van der Waals surface area contributed by atoms with Gasteiger partial charge in [-0.15, -0.1) is 11.8 Å². The fraction of sp³-hybridized carbons (Fsp3) is 0.158. The molecular formula is C19H19N3O3S. The predicted molar refractivity (Wildman–Crippen MR) is 101 cm³/mol. The largest absolute Gasteiger partial charge is 0.480 e. The van der Waals surface area contributed by atoms with Gasteiger partial charge in [-0.2, -0.15) is 0 Å². The van der Waals surface area contributed by atoms with Crippen molar-refractivity contribution in [1.29, 1.82) is 0 Å². The highest BCUT2D eigenvalue weighted by Crippen LogP contribution is 2.43. The number of carboxylic acid groups (broad SMARTS) is 1. The van der Waals surface area contributed by atoms with Gasteiger partial charge in [-0.05, 0) is 17.7 Å². The van der Waals surface area contributed by atoms with Gasteiger partial charge >= 0.3 is 5.97 Å². The number of rotatable bonds is 6. The van der Waals surface area contributed by atoms with Crippen molar-refractivity contribution in [1.82, 2.24) is 9.80 Å². The summed E-state index contributed by atoms with van der Waals surface area (Å²) >= 11 is 1.50. The number of hydrogen-bond acceptors (Lipinski definition) is 5. The Labute approximate surface area is 155 Å². The Bertz CT molecular complexity index is 811. The molecule has 0 fully saturated rings. The van der Waals surface area contributed by atoms with Crippen LogP contribution in [0.15, 0.2) is 71.9 Å². The van der Waals surface area contributed by atoms with E-state index in [9.17, 15) is 14.7 Å². The quantitative estimate of drug-likeness (QED) is 0.814. The Morgan fingerprint density at radius 1 is 1.08 bits per heavy atom. The van der Waals surface area contributed by atoms with Crippen LogP contribution in [0, 0.1) is 0 Å². The Balaban J connectivity index is 1.91. The van der Waals surface area contributed by atoms with Gasteiger partial charge in [-0.25, -0.2) is 0 Å². The van der Waals surface area contributed by atoms with Crippen molar-refractivity contribution in [3.8, 4) is 0 Å². The number of carbonyl (C=O) groups is 2. The number of amides is 1. The molecule has 26 heavy (non-hydrogen) atoms. The average molecular weight is 369 g/mol. The number of carboxylic acids is 1. The van der Waals surface area contributed by atoms with Crippen LogP contribution in [0.2, 0.25) is 0 Å². The molecule has 0 saturated heterocycles. The summed E-state index contributed by atoms with van der Waals surface area (Å²) in [5.41, 5.74) is 7.41. The normalized spacial score (nSPS) is 16.3. The summed E-state index contributed by atoms with van der Waals surface area (Å²) in [5, 5.41) is 11.0. The monoisotopic (exact) mass is 369 g/mol. The second kappa shape index (κ2) is 8.07. The fourth-order valence-corrected chi connectivity index (χ4v) is 3.97. The number of aliphatic carboxylic acids is 1. The lowest BCUT2D eigenvalue weighted by atomic mass is 10.2. The first-order valence-corrected chi connectivity index (χ1v) is 9.02. The number of carbonyl (C=O) groups excluding carboxylic acids is 1. The number of thioether (sulfide) groups is 1. The molecule has 1 aliphatic rings. The van der Waals surface area contributed by atoms with E-state index < -0.39 is 12.5 Å². The lowest BCUT2D eigenvalue weighted by Gasteiger charge is -2.33. The van der Waals surface area contributed by atoms with Gasteiger partial charge in [0.15, 0.2) is 0 Å². The van der Waals surface area contributed by atoms with Crippen LogP contribution < -0.4 is 5.73 Å². The van der Waals surface area contributed by atoms with Crippen molar-refractivity contribution in [2.24, 2.45) is 5.73 Å². The van der Waals surface area contributed by atoms with Gasteiger partial charge in [-0.1, -0.05) is 48.5 Å². The summed E-state index contributed by atoms with van der Waals surface area (Å²) < 4.78 is 0. The minimum Gasteiger partial charge on any atom is -0.480 e. The smallest absolute Gasteiger partial charge is 0.323 e. The summed E-state index contributed by atoms with van der Waals surface area (Å²) in [6.45, 7) is -0.269. The highest BCUT2D eigenvalue weighted by atomic mass is 32.2. The maximum Gasteiger partial charge on any atom is 0.323 e. The average Bonchev–Trinajstić information content (AvgIpc) is 3.10. The van der Waals surface area contributed by atoms with Crippen molar-refractivity contribution in [2.75, 3.05) is 13.2 Å². The molecule has 1 aliphatic heterocycles. The first kappa shape index (κ1) is 18.0. The van der Waals surface area contributed by atoms with E-state index in [1.807, 2.05) is 35.2 Å². The third kappa shape index (κ3) is 3.74. The number of benzene rings is 2. The minimum atomic E-state index is -1.08. The first-order valence-electron chi connectivity index (χ1n) is 8.08. The van der Waals surface area contributed by atoms with Crippen molar-refractivity contribution in [2.45, 2.75) is 5.37 Å². The van der Waals surface area contributed by atoms with Crippen LogP contribution in [0.3, 0.4) is 0 Å². The van der Waals surface area contributed by atoms with Gasteiger partial charge < -0.3 is 15.7 Å². The van der Waals surface area contributed by atoms with E-state index in [1.54, 1.807) is 35.7 Å². The van der Waals surface area contributed by atoms with Gasteiger partial charge in [0.25, 0.3) is 5.91 Å². The first-order chi connectivity index (χ1) is 12.6. The summed E-state index contributed by atoms with van der Waals surface area (Å²) in [4.78, 5) is 27.4. The molecule has 1 heterocycles. The van der Waals surface area contributed by atoms with Crippen molar-refractivity contribution in [3.63, 3.8) is 0 Å². The van der Waals surface area contributed by atoms with E-state index in [2.05, 4.69) is 0 Å². The Kier molecular flexibility index (Phi) is 5.60. The molecule has 0 aliphatic carbocycles. The predicted octanol–water partition coefficient (Wildman–Crippen LogP) is 2.68. The molecule has 0 radical (unpaired) electrons. The molecule has 6 nitrogen and oxygen atoms in total. The molecule has 2 aromatic carbocycles. The molecule has 134 valence electrons. The topological polar surface area (TPSA) is 86.9 Å². The summed E-state index contributed by atoms with van der Waals surface area (Å²) in [6, 6.07) is 18.4. The number of nitrogens with two attached hydrogens (primary N) is 1. The maximum atomic E-state index is 12.9. The zero-order valence-electron chi connectivity index (χ0n) is 14.0. The zero-order chi connectivity index (χ0) is 18.5. The SMILES string of the molecule is NCN1C(N(CC(=O)O)C(=O)c2ccccc2)=CSC1c1ccccc1. The molecule has 2 aromatic rings. The van der Waals surface area contributed by atoms with E-state index in [4.69, 9.17) is 5.73 Å².